The number of likely N-dealkylation sites (tertiary alicyclic amines) is 1. The van der Waals surface area contributed by atoms with Gasteiger partial charge in [-0.05, 0) is 12.8 Å². The van der Waals surface area contributed by atoms with E-state index in [4.69, 9.17) is 11.5 Å². The minimum atomic E-state index is -0.327. The van der Waals surface area contributed by atoms with Gasteiger partial charge in [0.15, 0.2) is 0 Å². The van der Waals surface area contributed by atoms with Crippen LogP contribution in [0, 0.1) is 5.92 Å². The summed E-state index contributed by atoms with van der Waals surface area (Å²) in [6, 6.07) is -0.161. The third kappa shape index (κ3) is 3.39. The van der Waals surface area contributed by atoms with Gasteiger partial charge in [0.2, 0.25) is 5.91 Å². The van der Waals surface area contributed by atoms with Crippen LogP contribution in [-0.2, 0) is 4.79 Å². The van der Waals surface area contributed by atoms with Crippen molar-refractivity contribution >= 4 is 11.9 Å². The number of carbonyl (C=O) groups is 2. The Balaban J connectivity index is 2.41. The molecule has 0 spiro atoms. The lowest BCUT2D eigenvalue weighted by Crippen LogP contribution is -2.48. The summed E-state index contributed by atoms with van der Waals surface area (Å²) in [4.78, 5) is 24.1. The molecule has 1 aliphatic heterocycles. The number of rotatable bonds is 3. The molecule has 1 aliphatic rings. The first kappa shape index (κ1) is 11.8. The zero-order valence-corrected chi connectivity index (χ0v) is 8.74. The van der Waals surface area contributed by atoms with Crippen LogP contribution in [0.1, 0.15) is 12.8 Å². The highest BCUT2D eigenvalue weighted by atomic mass is 16.2. The molecule has 0 bridgehead atoms. The highest BCUT2D eigenvalue weighted by molar-refractivity contribution is 5.79. The molecule has 1 rings (SSSR count). The summed E-state index contributed by atoms with van der Waals surface area (Å²) in [6.45, 7) is 1.97. The summed E-state index contributed by atoms with van der Waals surface area (Å²) in [5.74, 6) is -0.534. The molecule has 1 heterocycles. The Morgan fingerprint density at radius 3 is 2.80 bits per heavy atom. The minimum absolute atomic E-state index is 0.161. The summed E-state index contributed by atoms with van der Waals surface area (Å²) >= 11 is 0. The van der Waals surface area contributed by atoms with E-state index >= 15 is 0 Å². The van der Waals surface area contributed by atoms with E-state index in [9.17, 15) is 9.59 Å². The standard InChI is InChI=1S/C9H18N4O2/c10-3-4-12-9(15)13-5-1-2-7(6-13)8(11)14/h7H,1-6,10H2,(H2,11,14)(H,12,15). The van der Waals surface area contributed by atoms with Gasteiger partial charge in [0.25, 0.3) is 0 Å². The molecule has 0 aliphatic carbocycles. The molecule has 6 heteroatoms. The quantitative estimate of drug-likeness (QED) is 0.553. The van der Waals surface area contributed by atoms with E-state index in [0.717, 1.165) is 12.8 Å². The summed E-state index contributed by atoms with van der Waals surface area (Å²) in [6.07, 6.45) is 1.60. The molecule has 1 fully saturated rings. The molecule has 1 unspecified atom stereocenters. The smallest absolute Gasteiger partial charge is 0.317 e. The number of piperidine rings is 1. The number of amides is 3. The molecule has 0 saturated carbocycles. The Morgan fingerprint density at radius 1 is 1.47 bits per heavy atom. The fourth-order valence-corrected chi connectivity index (χ4v) is 1.68. The fraction of sp³-hybridized carbons (Fsp3) is 0.778. The SMILES string of the molecule is NCCNC(=O)N1CCCC(C(N)=O)C1. The minimum Gasteiger partial charge on any atom is -0.369 e. The van der Waals surface area contributed by atoms with Crippen LogP contribution in [0.15, 0.2) is 0 Å². The number of carbonyl (C=O) groups excluding carboxylic acids is 2. The monoisotopic (exact) mass is 214 g/mol. The van der Waals surface area contributed by atoms with E-state index in [0.29, 0.717) is 26.2 Å². The zero-order valence-electron chi connectivity index (χ0n) is 8.74. The highest BCUT2D eigenvalue weighted by Gasteiger charge is 2.26. The van der Waals surface area contributed by atoms with Crippen molar-refractivity contribution in [3.05, 3.63) is 0 Å². The average molecular weight is 214 g/mol. The maximum Gasteiger partial charge on any atom is 0.317 e. The van der Waals surface area contributed by atoms with Crippen molar-refractivity contribution in [2.75, 3.05) is 26.2 Å². The molecule has 1 saturated heterocycles. The van der Waals surface area contributed by atoms with E-state index in [1.807, 2.05) is 0 Å². The lowest BCUT2D eigenvalue weighted by molar-refractivity contribution is -0.123. The number of hydrogen-bond donors (Lipinski definition) is 3. The third-order valence-corrected chi connectivity index (χ3v) is 2.53. The first-order valence-corrected chi connectivity index (χ1v) is 5.17. The van der Waals surface area contributed by atoms with E-state index in [1.54, 1.807) is 4.90 Å². The predicted octanol–water partition coefficient (Wildman–Crippen LogP) is -1.15. The number of primary amides is 1. The maximum atomic E-state index is 11.5. The van der Waals surface area contributed by atoms with Crippen molar-refractivity contribution in [3.8, 4) is 0 Å². The molecule has 6 nitrogen and oxygen atoms in total. The second-order valence-electron chi connectivity index (χ2n) is 3.71. The molecule has 86 valence electrons. The van der Waals surface area contributed by atoms with Gasteiger partial charge in [-0.15, -0.1) is 0 Å². The Hall–Kier alpha value is -1.30. The van der Waals surface area contributed by atoms with Crippen molar-refractivity contribution in [1.29, 1.82) is 0 Å². The van der Waals surface area contributed by atoms with Gasteiger partial charge in [-0.25, -0.2) is 4.79 Å². The second-order valence-corrected chi connectivity index (χ2v) is 3.71. The Morgan fingerprint density at radius 2 is 2.20 bits per heavy atom. The molecule has 15 heavy (non-hydrogen) atoms. The molecular formula is C9H18N4O2. The lowest BCUT2D eigenvalue weighted by Gasteiger charge is -2.31. The molecule has 0 aromatic rings. The molecule has 3 amide bonds. The van der Waals surface area contributed by atoms with Crippen molar-refractivity contribution in [1.82, 2.24) is 10.2 Å². The van der Waals surface area contributed by atoms with Gasteiger partial charge in [-0.1, -0.05) is 0 Å². The van der Waals surface area contributed by atoms with E-state index < -0.39 is 0 Å². The van der Waals surface area contributed by atoms with E-state index in [-0.39, 0.29) is 17.9 Å². The highest BCUT2D eigenvalue weighted by Crippen LogP contribution is 2.15. The summed E-state index contributed by atoms with van der Waals surface area (Å²) < 4.78 is 0. The predicted molar refractivity (Wildman–Crippen MR) is 55.9 cm³/mol. The number of nitrogens with zero attached hydrogens (tertiary/aromatic N) is 1. The van der Waals surface area contributed by atoms with Crippen molar-refractivity contribution in [2.45, 2.75) is 12.8 Å². The van der Waals surface area contributed by atoms with Gasteiger partial charge in [0.1, 0.15) is 0 Å². The van der Waals surface area contributed by atoms with Gasteiger partial charge in [0.05, 0.1) is 5.92 Å². The van der Waals surface area contributed by atoms with Gasteiger partial charge in [0, 0.05) is 26.2 Å². The lowest BCUT2D eigenvalue weighted by atomic mass is 9.98. The molecular weight excluding hydrogens is 196 g/mol. The van der Waals surface area contributed by atoms with E-state index in [2.05, 4.69) is 5.32 Å². The Labute approximate surface area is 89.0 Å². The Bertz CT molecular complexity index is 244. The van der Waals surface area contributed by atoms with Crippen LogP contribution in [0.5, 0.6) is 0 Å². The zero-order chi connectivity index (χ0) is 11.3. The number of urea groups is 1. The van der Waals surface area contributed by atoms with Crippen LogP contribution in [0.4, 0.5) is 4.79 Å². The van der Waals surface area contributed by atoms with Gasteiger partial charge in [-0.3, -0.25) is 4.79 Å². The van der Waals surface area contributed by atoms with Crippen molar-refractivity contribution < 1.29 is 9.59 Å². The number of nitrogens with two attached hydrogens (primary N) is 2. The van der Waals surface area contributed by atoms with Crippen LogP contribution in [0.25, 0.3) is 0 Å². The van der Waals surface area contributed by atoms with Crippen LogP contribution in [0.2, 0.25) is 0 Å². The summed E-state index contributed by atoms with van der Waals surface area (Å²) in [5.41, 5.74) is 10.5. The molecule has 5 N–H and O–H groups in total. The maximum absolute atomic E-state index is 11.5. The molecule has 1 atom stereocenters. The van der Waals surface area contributed by atoms with Crippen LogP contribution in [-0.4, -0.2) is 43.0 Å². The number of nitrogens with one attached hydrogen (secondary N) is 1. The normalized spacial score (nSPS) is 21.1. The van der Waals surface area contributed by atoms with Gasteiger partial charge < -0.3 is 21.7 Å². The summed E-state index contributed by atoms with van der Waals surface area (Å²) in [5, 5.41) is 2.67. The van der Waals surface area contributed by atoms with Crippen molar-refractivity contribution in [3.63, 3.8) is 0 Å². The molecule has 0 aromatic heterocycles. The summed E-state index contributed by atoms with van der Waals surface area (Å²) in [7, 11) is 0. The average Bonchev–Trinajstić information content (AvgIpc) is 2.26. The topological polar surface area (TPSA) is 101 Å². The van der Waals surface area contributed by atoms with Crippen LogP contribution in [0.3, 0.4) is 0 Å². The third-order valence-electron chi connectivity index (χ3n) is 2.53. The first-order valence-electron chi connectivity index (χ1n) is 5.17. The van der Waals surface area contributed by atoms with Crippen molar-refractivity contribution in [2.24, 2.45) is 17.4 Å². The number of hydrogen-bond acceptors (Lipinski definition) is 3. The van der Waals surface area contributed by atoms with Crippen LogP contribution >= 0.6 is 0 Å². The first-order chi connectivity index (χ1) is 7.15. The Kier molecular flexibility index (Phi) is 4.36. The fourth-order valence-electron chi connectivity index (χ4n) is 1.68. The largest absolute Gasteiger partial charge is 0.369 e. The van der Waals surface area contributed by atoms with Crippen LogP contribution < -0.4 is 16.8 Å². The van der Waals surface area contributed by atoms with E-state index in [1.165, 1.54) is 0 Å². The van der Waals surface area contributed by atoms with Gasteiger partial charge in [-0.2, -0.15) is 0 Å². The second kappa shape index (κ2) is 5.55. The molecule has 0 radical (unpaired) electrons. The molecule has 0 aromatic carbocycles. The van der Waals surface area contributed by atoms with Gasteiger partial charge >= 0.3 is 6.03 Å².